The number of ether oxygens (including phenoxy) is 3. The molecule has 1 heterocycles. The van der Waals surface area contributed by atoms with Crippen molar-refractivity contribution in [3.05, 3.63) is 0 Å². The monoisotopic (exact) mass is 378 g/mol. The Bertz CT molecular complexity index is 643. The highest BCUT2D eigenvalue weighted by molar-refractivity contribution is 5.83. The molecule has 2 saturated carbocycles. The molecule has 2 aliphatic carbocycles. The Morgan fingerprint density at radius 1 is 1.31 bits per heavy atom. The third kappa shape index (κ3) is 2.58. The quantitative estimate of drug-likeness (QED) is 0.540. The lowest BCUT2D eigenvalue weighted by Crippen LogP contribution is -2.48. The largest absolute Gasteiger partial charge is 0.457 e. The summed E-state index contributed by atoms with van der Waals surface area (Å²) >= 11 is 0. The van der Waals surface area contributed by atoms with E-state index in [1.54, 1.807) is 20.8 Å². The fraction of sp³-hybridized carbons (Fsp3) is 0.824. The van der Waals surface area contributed by atoms with Gasteiger partial charge in [-0.05, 0) is 33.1 Å². The molecule has 0 N–H and O–H groups in total. The van der Waals surface area contributed by atoms with Crippen LogP contribution in [0.3, 0.4) is 0 Å². The number of hydrogen-bond donors (Lipinski definition) is 0. The number of halogens is 3. The van der Waals surface area contributed by atoms with Gasteiger partial charge in [0.2, 0.25) is 0 Å². The zero-order valence-electron chi connectivity index (χ0n) is 14.7. The molecule has 9 heteroatoms. The topological polar surface area (TPSA) is 78.9 Å². The molecule has 0 amide bonds. The van der Waals surface area contributed by atoms with E-state index < -0.39 is 72.0 Å². The van der Waals surface area contributed by atoms with Gasteiger partial charge in [-0.15, -0.1) is 0 Å². The van der Waals surface area contributed by atoms with Crippen molar-refractivity contribution >= 4 is 17.9 Å². The Morgan fingerprint density at radius 3 is 2.54 bits per heavy atom. The summed E-state index contributed by atoms with van der Waals surface area (Å²) in [6.45, 7) is 4.52. The van der Waals surface area contributed by atoms with Crippen LogP contribution in [0.2, 0.25) is 0 Å². The minimum atomic E-state index is -4.69. The first-order valence-corrected chi connectivity index (χ1v) is 8.58. The summed E-state index contributed by atoms with van der Waals surface area (Å²) in [5.74, 6) is -4.32. The number of hydrogen-bond acceptors (Lipinski definition) is 6. The molecular weight excluding hydrogens is 357 g/mol. The molecule has 3 aliphatic rings. The zero-order valence-corrected chi connectivity index (χ0v) is 14.7. The SMILES string of the molecule is CCC(C)(C)C(=O)OCC(=O)OC1C2CC3C1OC(=O)C3(C(F)(F)F)C2. The minimum Gasteiger partial charge on any atom is -0.457 e. The van der Waals surface area contributed by atoms with Gasteiger partial charge in [0, 0.05) is 11.8 Å². The van der Waals surface area contributed by atoms with Gasteiger partial charge >= 0.3 is 24.1 Å². The third-order valence-corrected chi connectivity index (χ3v) is 6.10. The standard InChI is InChI=1S/C17H21F3O6/c1-4-15(2,3)13(22)24-7-10(21)25-11-8-5-9-12(11)26-14(23)16(9,6-8)17(18,19)20/h8-9,11-12H,4-7H2,1-3H3. The lowest BCUT2D eigenvalue weighted by molar-refractivity contribution is -0.231. The van der Waals surface area contributed by atoms with Crippen LogP contribution >= 0.6 is 0 Å². The van der Waals surface area contributed by atoms with Crippen molar-refractivity contribution in [3.8, 4) is 0 Å². The van der Waals surface area contributed by atoms with E-state index in [9.17, 15) is 27.6 Å². The van der Waals surface area contributed by atoms with Gasteiger partial charge in [0.1, 0.15) is 12.2 Å². The van der Waals surface area contributed by atoms with Crippen molar-refractivity contribution in [2.45, 2.75) is 58.4 Å². The molecule has 0 spiro atoms. The molecule has 0 aromatic heterocycles. The molecule has 26 heavy (non-hydrogen) atoms. The predicted molar refractivity (Wildman–Crippen MR) is 79.5 cm³/mol. The van der Waals surface area contributed by atoms with Crippen molar-refractivity contribution in [1.82, 2.24) is 0 Å². The van der Waals surface area contributed by atoms with Crippen molar-refractivity contribution in [3.63, 3.8) is 0 Å². The van der Waals surface area contributed by atoms with Crippen LogP contribution in [-0.4, -0.2) is 42.9 Å². The van der Waals surface area contributed by atoms with E-state index in [0.717, 1.165) is 0 Å². The first-order chi connectivity index (χ1) is 11.9. The highest BCUT2D eigenvalue weighted by atomic mass is 19.4. The van der Waals surface area contributed by atoms with Gasteiger partial charge in [-0.2, -0.15) is 13.2 Å². The summed E-state index contributed by atoms with van der Waals surface area (Å²) < 4.78 is 55.4. The lowest BCUT2D eigenvalue weighted by Gasteiger charge is -2.33. The van der Waals surface area contributed by atoms with E-state index in [1.165, 1.54) is 0 Å². The minimum absolute atomic E-state index is 0.122. The zero-order chi connectivity index (χ0) is 19.5. The molecule has 3 fully saturated rings. The van der Waals surface area contributed by atoms with E-state index in [1.807, 2.05) is 0 Å². The van der Waals surface area contributed by atoms with E-state index >= 15 is 0 Å². The molecular formula is C17H21F3O6. The highest BCUT2D eigenvalue weighted by Crippen LogP contribution is 2.67. The second-order valence-electron chi connectivity index (χ2n) is 7.91. The summed E-state index contributed by atoms with van der Waals surface area (Å²) in [4.78, 5) is 35.7. The van der Waals surface area contributed by atoms with Crippen LogP contribution in [0, 0.1) is 22.7 Å². The fourth-order valence-electron chi connectivity index (χ4n) is 4.21. The Labute approximate surface area is 148 Å². The average Bonchev–Trinajstić information content (AvgIpc) is 3.14. The van der Waals surface area contributed by atoms with Gasteiger partial charge < -0.3 is 14.2 Å². The van der Waals surface area contributed by atoms with Gasteiger partial charge in [-0.3, -0.25) is 9.59 Å². The van der Waals surface area contributed by atoms with E-state index in [2.05, 4.69) is 0 Å². The van der Waals surface area contributed by atoms with Gasteiger partial charge in [0.25, 0.3) is 0 Å². The number of fused-ring (bicyclic) bond motifs is 1. The van der Waals surface area contributed by atoms with Crippen LogP contribution in [0.5, 0.6) is 0 Å². The summed E-state index contributed by atoms with van der Waals surface area (Å²) in [5, 5.41) is 0. The molecule has 146 valence electrons. The van der Waals surface area contributed by atoms with Crippen LogP contribution in [0.1, 0.15) is 40.0 Å². The van der Waals surface area contributed by atoms with E-state index in [-0.39, 0.29) is 6.42 Å². The highest BCUT2D eigenvalue weighted by Gasteiger charge is 2.80. The molecule has 5 unspecified atom stereocenters. The van der Waals surface area contributed by atoms with E-state index in [4.69, 9.17) is 14.2 Å². The molecule has 0 aromatic rings. The molecule has 1 saturated heterocycles. The van der Waals surface area contributed by atoms with Gasteiger partial charge in [0.15, 0.2) is 12.0 Å². The number of alkyl halides is 3. The second-order valence-corrected chi connectivity index (χ2v) is 7.91. The molecule has 1 aliphatic heterocycles. The first kappa shape index (κ1) is 19.0. The maximum absolute atomic E-state index is 13.4. The summed E-state index contributed by atoms with van der Waals surface area (Å²) in [5.41, 5.74) is -3.22. The lowest BCUT2D eigenvalue weighted by atomic mass is 9.73. The fourth-order valence-corrected chi connectivity index (χ4v) is 4.21. The van der Waals surface area contributed by atoms with Crippen molar-refractivity contribution in [2.75, 3.05) is 6.61 Å². The number of carbonyl (C=O) groups excluding carboxylic acids is 3. The maximum atomic E-state index is 13.4. The van der Waals surface area contributed by atoms with Crippen LogP contribution < -0.4 is 0 Å². The Balaban J connectivity index is 1.62. The van der Waals surface area contributed by atoms with Crippen LogP contribution in [-0.2, 0) is 28.6 Å². The van der Waals surface area contributed by atoms with Crippen molar-refractivity contribution in [2.24, 2.45) is 22.7 Å². The van der Waals surface area contributed by atoms with Crippen LogP contribution in [0.15, 0.2) is 0 Å². The number of rotatable bonds is 5. The van der Waals surface area contributed by atoms with Gasteiger partial charge in [0.05, 0.1) is 5.41 Å². The number of carbonyl (C=O) groups is 3. The first-order valence-electron chi connectivity index (χ1n) is 8.58. The molecule has 2 bridgehead atoms. The molecule has 3 rings (SSSR count). The summed E-state index contributed by atoms with van der Waals surface area (Å²) in [7, 11) is 0. The van der Waals surface area contributed by atoms with Crippen LogP contribution in [0.4, 0.5) is 13.2 Å². The average molecular weight is 378 g/mol. The van der Waals surface area contributed by atoms with E-state index in [0.29, 0.717) is 6.42 Å². The molecule has 0 radical (unpaired) electrons. The molecule has 5 atom stereocenters. The summed E-state index contributed by atoms with van der Waals surface area (Å²) in [6.07, 6.45) is -6.49. The van der Waals surface area contributed by atoms with Gasteiger partial charge in [-0.1, -0.05) is 6.92 Å². The third-order valence-electron chi connectivity index (χ3n) is 6.10. The normalized spacial score (nSPS) is 35.4. The maximum Gasteiger partial charge on any atom is 0.405 e. The Morgan fingerprint density at radius 2 is 1.96 bits per heavy atom. The van der Waals surface area contributed by atoms with Crippen molar-refractivity contribution < 1.29 is 41.8 Å². The summed E-state index contributed by atoms with van der Waals surface area (Å²) in [6, 6.07) is 0. The van der Waals surface area contributed by atoms with Gasteiger partial charge in [-0.25, -0.2) is 4.79 Å². The second kappa shape index (κ2) is 5.85. The molecule has 0 aromatic carbocycles. The Hall–Kier alpha value is -1.80. The number of esters is 3. The smallest absolute Gasteiger partial charge is 0.405 e. The van der Waals surface area contributed by atoms with Crippen molar-refractivity contribution in [1.29, 1.82) is 0 Å². The predicted octanol–water partition coefficient (Wildman–Crippen LogP) is 2.39. The molecule has 6 nitrogen and oxygen atoms in total. The Kier molecular flexibility index (Phi) is 4.27. The van der Waals surface area contributed by atoms with Crippen LogP contribution in [0.25, 0.3) is 0 Å².